The maximum Gasteiger partial charge on any atom is 0.245 e. The third kappa shape index (κ3) is 3.10. The van der Waals surface area contributed by atoms with Crippen LogP contribution in [-0.2, 0) is 5.75 Å². The van der Waals surface area contributed by atoms with E-state index < -0.39 is 6.04 Å². The number of hydrogen-bond acceptors (Lipinski definition) is 6. The van der Waals surface area contributed by atoms with E-state index in [1.165, 1.54) is 10.5 Å². The van der Waals surface area contributed by atoms with E-state index in [0.29, 0.717) is 11.6 Å². The van der Waals surface area contributed by atoms with Crippen LogP contribution in [0.25, 0.3) is 0 Å². The summed E-state index contributed by atoms with van der Waals surface area (Å²) in [5, 5.41) is 12.7. The van der Waals surface area contributed by atoms with E-state index in [4.69, 9.17) is 15.4 Å². The highest BCUT2D eigenvalue weighted by Gasteiger charge is 2.13. The highest BCUT2D eigenvalue weighted by Crippen LogP contribution is 2.24. The first kappa shape index (κ1) is 13.1. The summed E-state index contributed by atoms with van der Waals surface area (Å²) in [7, 11) is 0. The van der Waals surface area contributed by atoms with Crippen LogP contribution in [0.5, 0.6) is 0 Å². The van der Waals surface area contributed by atoms with E-state index in [1.54, 1.807) is 11.8 Å². The number of thioether (sulfide) groups is 1. The van der Waals surface area contributed by atoms with Gasteiger partial charge in [-0.25, -0.2) is 0 Å². The van der Waals surface area contributed by atoms with Crippen LogP contribution >= 0.6 is 11.8 Å². The van der Waals surface area contributed by atoms with Crippen LogP contribution in [0.1, 0.15) is 23.3 Å². The standard InChI is InChI=1S/C12H15N3O2S/c1-8-4-2-3-5-10(8)18-7-11-14-12(17-15-11)9(13)6-16/h2-5,9,16H,6-7,13H2,1H3/t9-/m0/s1. The number of hydrogen-bond donors (Lipinski definition) is 2. The molecule has 1 aromatic carbocycles. The number of aliphatic hydroxyl groups excluding tert-OH is 1. The van der Waals surface area contributed by atoms with Crippen LogP contribution < -0.4 is 5.73 Å². The van der Waals surface area contributed by atoms with Gasteiger partial charge in [-0.15, -0.1) is 11.8 Å². The molecule has 0 aliphatic carbocycles. The van der Waals surface area contributed by atoms with Crippen molar-refractivity contribution in [3.05, 3.63) is 41.5 Å². The van der Waals surface area contributed by atoms with Gasteiger partial charge >= 0.3 is 0 Å². The first-order chi connectivity index (χ1) is 8.70. The molecule has 1 atom stereocenters. The zero-order valence-corrected chi connectivity index (χ0v) is 10.9. The fourth-order valence-corrected chi connectivity index (χ4v) is 2.29. The molecule has 3 N–H and O–H groups in total. The van der Waals surface area contributed by atoms with Crippen molar-refractivity contribution in [1.29, 1.82) is 0 Å². The average molecular weight is 265 g/mol. The quantitative estimate of drug-likeness (QED) is 0.800. The second-order valence-electron chi connectivity index (χ2n) is 3.89. The van der Waals surface area contributed by atoms with Crippen molar-refractivity contribution in [3.63, 3.8) is 0 Å². The maximum absolute atomic E-state index is 8.88. The van der Waals surface area contributed by atoms with Crippen LogP contribution in [-0.4, -0.2) is 21.9 Å². The summed E-state index contributed by atoms with van der Waals surface area (Å²) < 4.78 is 4.98. The fraction of sp³-hybridized carbons (Fsp3) is 0.333. The minimum absolute atomic E-state index is 0.202. The summed E-state index contributed by atoms with van der Waals surface area (Å²) in [4.78, 5) is 5.33. The predicted octanol–water partition coefficient (Wildman–Crippen LogP) is 1.66. The van der Waals surface area contributed by atoms with Crippen LogP contribution in [0.3, 0.4) is 0 Å². The maximum atomic E-state index is 8.88. The van der Waals surface area contributed by atoms with Gasteiger partial charge in [0.15, 0.2) is 5.82 Å². The molecule has 0 bridgehead atoms. The molecule has 0 saturated carbocycles. The first-order valence-electron chi connectivity index (χ1n) is 5.58. The molecule has 18 heavy (non-hydrogen) atoms. The Labute approximate surface area is 109 Å². The first-order valence-corrected chi connectivity index (χ1v) is 6.56. The largest absolute Gasteiger partial charge is 0.394 e. The van der Waals surface area contributed by atoms with Crippen LogP contribution in [0.4, 0.5) is 0 Å². The van der Waals surface area contributed by atoms with Crippen molar-refractivity contribution in [2.45, 2.75) is 23.6 Å². The average Bonchev–Trinajstić information content (AvgIpc) is 2.86. The van der Waals surface area contributed by atoms with Gasteiger partial charge in [0, 0.05) is 4.90 Å². The van der Waals surface area contributed by atoms with Crippen LogP contribution in [0.2, 0.25) is 0 Å². The number of nitrogens with two attached hydrogens (primary N) is 1. The molecule has 0 saturated heterocycles. The third-order valence-corrected chi connectivity index (χ3v) is 3.62. The van der Waals surface area contributed by atoms with E-state index in [1.807, 2.05) is 12.1 Å². The second-order valence-corrected chi connectivity index (χ2v) is 4.91. The smallest absolute Gasteiger partial charge is 0.245 e. The minimum Gasteiger partial charge on any atom is -0.394 e. The van der Waals surface area contributed by atoms with Crippen LogP contribution in [0, 0.1) is 6.92 Å². The molecule has 0 aliphatic heterocycles. The van der Waals surface area contributed by atoms with E-state index in [9.17, 15) is 0 Å². The van der Waals surface area contributed by atoms with Gasteiger partial charge in [-0.3, -0.25) is 0 Å². The molecular formula is C12H15N3O2S. The Balaban J connectivity index is 1.98. The molecule has 0 radical (unpaired) electrons. The van der Waals surface area contributed by atoms with Gasteiger partial charge in [-0.1, -0.05) is 23.4 Å². The number of benzene rings is 1. The lowest BCUT2D eigenvalue weighted by Crippen LogP contribution is -2.14. The molecule has 1 aromatic heterocycles. The summed E-state index contributed by atoms with van der Waals surface area (Å²) >= 11 is 1.64. The molecule has 0 aliphatic rings. The van der Waals surface area contributed by atoms with Gasteiger partial charge in [0.05, 0.1) is 12.4 Å². The zero-order valence-electron chi connectivity index (χ0n) is 10.0. The van der Waals surface area contributed by atoms with Gasteiger partial charge in [0.25, 0.3) is 0 Å². The Kier molecular flexibility index (Phi) is 4.35. The SMILES string of the molecule is Cc1ccccc1SCc1noc([C@@H](N)CO)n1. The summed E-state index contributed by atoms with van der Waals surface area (Å²) in [6.07, 6.45) is 0. The Morgan fingerprint density at radius 2 is 2.22 bits per heavy atom. The van der Waals surface area contributed by atoms with Crippen molar-refractivity contribution in [2.75, 3.05) is 6.61 Å². The fourth-order valence-electron chi connectivity index (χ4n) is 1.42. The van der Waals surface area contributed by atoms with Crippen LogP contribution in [0.15, 0.2) is 33.7 Å². The molecule has 0 amide bonds. The Bertz CT molecular complexity index is 516. The molecule has 6 heteroatoms. The molecule has 96 valence electrons. The monoisotopic (exact) mass is 265 g/mol. The van der Waals surface area contributed by atoms with E-state index in [0.717, 1.165) is 0 Å². The summed E-state index contributed by atoms with van der Waals surface area (Å²) in [5.74, 6) is 1.48. The van der Waals surface area contributed by atoms with Crippen molar-refractivity contribution < 1.29 is 9.63 Å². The lowest BCUT2D eigenvalue weighted by Gasteiger charge is -2.02. The lowest BCUT2D eigenvalue weighted by molar-refractivity contribution is 0.236. The highest BCUT2D eigenvalue weighted by molar-refractivity contribution is 7.98. The van der Waals surface area contributed by atoms with Gasteiger partial charge in [0.1, 0.15) is 6.04 Å². The number of nitrogens with zero attached hydrogens (tertiary/aromatic N) is 2. The van der Waals surface area contributed by atoms with Crippen molar-refractivity contribution in [3.8, 4) is 0 Å². The number of aromatic nitrogens is 2. The molecule has 2 rings (SSSR count). The summed E-state index contributed by atoms with van der Waals surface area (Å²) in [6, 6.07) is 7.52. The van der Waals surface area contributed by atoms with E-state index >= 15 is 0 Å². The lowest BCUT2D eigenvalue weighted by atomic mass is 10.2. The van der Waals surface area contributed by atoms with Gasteiger partial charge in [-0.2, -0.15) is 4.98 Å². The summed E-state index contributed by atoms with van der Waals surface area (Å²) in [6.45, 7) is 1.86. The molecule has 5 nitrogen and oxygen atoms in total. The molecule has 0 spiro atoms. The number of rotatable bonds is 5. The van der Waals surface area contributed by atoms with Crippen molar-refractivity contribution in [1.82, 2.24) is 10.1 Å². The Morgan fingerprint density at radius 1 is 1.44 bits per heavy atom. The van der Waals surface area contributed by atoms with Crippen molar-refractivity contribution in [2.24, 2.45) is 5.73 Å². The molecule has 2 aromatic rings. The zero-order chi connectivity index (χ0) is 13.0. The molecule has 1 heterocycles. The Morgan fingerprint density at radius 3 is 2.94 bits per heavy atom. The second kappa shape index (κ2) is 5.99. The third-order valence-electron chi connectivity index (χ3n) is 2.45. The van der Waals surface area contributed by atoms with E-state index in [-0.39, 0.29) is 12.5 Å². The van der Waals surface area contributed by atoms with Gasteiger partial charge < -0.3 is 15.4 Å². The Hall–Kier alpha value is -1.37. The normalized spacial score (nSPS) is 12.6. The van der Waals surface area contributed by atoms with Gasteiger partial charge in [-0.05, 0) is 18.6 Å². The summed E-state index contributed by atoms with van der Waals surface area (Å²) in [5.41, 5.74) is 6.81. The predicted molar refractivity (Wildman–Crippen MR) is 69.1 cm³/mol. The number of aliphatic hydroxyl groups is 1. The topological polar surface area (TPSA) is 85.2 Å². The van der Waals surface area contributed by atoms with Crippen molar-refractivity contribution >= 4 is 11.8 Å². The number of aryl methyl sites for hydroxylation is 1. The molecule has 0 fully saturated rings. The van der Waals surface area contributed by atoms with Gasteiger partial charge in [0.2, 0.25) is 5.89 Å². The van der Waals surface area contributed by atoms with E-state index in [2.05, 4.69) is 29.2 Å². The highest BCUT2D eigenvalue weighted by atomic mass is 32.2. The minimum atomic E-state index is -0.602. The molecular weight excluding hydrogens is 250 g/mol. The molecule has 0 unspecified atom stereocenters.